The van der Waals surface area contributed by atoms with E-state index in [4.69, 9.17) is 14.2 Å². The smallest absolute Gasteiger partial charge is 0.231 e. The van der Waals surface area contributed by atoms with Crippen LogP contribution in [-0.2, 0) is 13.1 Å². The van der Waals surface area contributed by atoms with Crippen LogP contribution in [0.2, 0.25) is 0 Å². The molecule has 5 nitrogen and oxygen atoms in total. The van der Waals surface area contributed by atoms with E-state index < -0.39 is 6.10 Å². The van der Waals surface area contributed by atoms with Gasteiger partial charge in [0.25, 0.3) is 0 Å². The van der Waals surface area contributed by atoms with Crippen LogP contribution in [0.5, 0.6) is 17.2 Å². The van der Waals surface area contributed by atoms with Gasteiger partial charge in [-0.1, -0.05) is 24.3 Å². The highest BCUT2D eigenvalue weighted by Gasteiger charge is 2.19. The molecule has 3 rings (SSSR count). The molecule has 0 saturated carbocycles. The van der Waals surface area contributed by atoms with Gasteiger partial charge in [-0.25, -0.2) is 0 Å². The highest BCUT2D eigenvalue weighted by Crippen LogP contribution is 2.41. The van der Waals surface area contributed by atoms with Crippen LogP contribution in [0.3, 0.4) is 0 Å². The molecule has 2 aromatic carbocycles. The Balaban J connectivity index is 1.60. The van der Waals surface area contributed by atoms with Gasteiger partial charge in [0, 0.05) is 13.1 Å². The molecular weight excluding hydrogens is 294 g/mol. The number of methoxy groups -OCH3 is 1. The summed E-state index contributed by atoms with van der Waals surface area (Å²) in [6, 6.07) is 11.9. The van der Waals surface area contributed by atoms with Crippen molar-refractivity contribution in [3.8, 4) is 17.2 Å². The van der Waals surface area contributed by atoms with Crippen molar-refractivity contribution in [3.05, 3.63) is 53.1 Å². The third-order valence-corrected chi connectivity index (χ3v) is 3.84. The molecule has 0 aliphatic carbocycles. The average Bonchev–Trinajstić information content (AvgIpc) is 3.03. The fourth-order valence-electron chi connectivity index (χ4n) is 2.55. The zero-order chi connectivity index (χ0) is 16.2. The maximum Gasteiger partial charge on any atom is 0.231 e. The van der Waals surface area contributed by atoms with E-state index in [1.807, 2.05) is 36.4 Å². The molecule has 5 heteroatoms. The number of nitrogens with one attached hydrogen (secondary N) is 1. The molecule has 0 fully saturated rings. The van der Waals surface area contributed by atoms with Crippen LogP contribution >= 0.6 is 0 Å². The first-order valence-electron chi connectivity index (χ1n) is 7.61. The summed E-state index contributed by atoms with van der Waals surface area (Å²) < 4.78 is 16.2. The first kappa shape index (κ1) is 15.6. The van der Waals surface area contributed by atoms with E-state index in [9.17, 15) is 5.11 Å². The maximum absolute atomic E-state index is 9.52. The normalized spacial score (nSPS) is 13.9. The summed E-state index contributed by atoms with van der Waals surface area (Å²) in [6.45, 7) is 3.44. The minimum Gasteiger partial charge on any atom is -0.493 e. The highest BCUT2D eigenvalue weighted by molar-refractivity contribution is 5.55. The van der Waals surface area contributed by atoms with Crippen LogP contribution in [0.25, 0.3) is 0 Å². The predicted octanol–water partition coefficient (Wildman–Crippen LogP) is 2.77. The van der Waals surface area contributed by atoms with E-state index in [0.717, 1.165) is 23.4 Å². The Hall–Kier alpha value is -2.24. The molecule has 1 aliphatic rings. The molecule has 2 N–H and O–H groups in total. The molecule has 0 aromatic heterocycles. The number of aliphatic hydroxyl groups is 1. The quantitative estimate of drug-likeness (QED) is 0.858. The van der Waals surface area contributed by atoms with Gasteiger partial charge in [-0.2, -0.15) is 0 Å². The zero-order valence-electron chi connectivity index (χ0n) is 13.3. The van der Waals surface area contributed by atoms with Gasteiger partial charge < -0.3 is 24.6 Å². The summed E-state index contributed by atoms with van der Waals surface area (Å²) in [6.07, 6.45) is -0.432. The van der Waals surface area contributed by atoms with Crippen molar-refractivity contribution in [2.75, 3.05) is 13.9 Å². The molecular formula is C18H21NO4. The van der Waals surface area contributed by atoms with E-state index in [1.165, 1.54) is 5.56 Å². The Morgan fingerprint density at radius 1 is 1.13 bits per heavy atom. The van der Waals surface area contributed by atoms with E-state index in [2.05, 4.69) is 5.32 Å². The monoisotopic (exact) mass is 315 g/mol. The number of benzene rings is 2. The largest absolute Gasteiger partial charge is 0.493 e. The second-order valence-corrected chi connectivity index (χ2v) is 5.55. The molecule has 1 heterocycles. The number of aliphatic hydroxyl groups excluding tert-OH is 1. The lowest BCUT2D eigenvalue weighted by Crippen LogP contribution is -2.12. The lowest BCUT2D eigenvalue weighted by molar-refractivity contribution is 0.171. The Bertz CT molecular complexity index is 667. The lowest BCUT2D eigenvalue weighted by atomic mass is 10.1. The van der Waals surface area contributed by atoms with Crippen LogP contribution in [-0.4, -0.2) is 19.0 Å². The molecule has 23 heavy (non-hydrogen) atoms. The van der Waals surface area contributed by atoms with Gasteiger partial charge in [-0.05, 0) is 35.7 Å². The average molecular weight is 315 g/mol. The number of fused-ring (bicyclic) bond motifs is 1. The summed E-state index contributed by atoms with van der Waals surface area (Å²) in [5.41, 5.74) is 3.17. The van der Waals surface area contributed by atoms with Crippen LogP contribution in [0.1, 0.15) is 29.7 Å². The predicted molar refractivity (Wildman–Crippen MR) is 86.7 cm³/mol. The lowest BCUT2D eigenvalue weighted by Gasteiger charge is -2.10. The molecule has 1 aliphatic heterocycles. The zero-order valence-corrected chi connectivity index (χ0v) is 13.3. The maximum atomic E-state index is 9.52. The molecule has 0 radical (unpaired) electrons. The van der Waals surface area contributed by atoms with Crippen LogP contribution in [0.4, 0.5) is 0 Å². The summed E-state index contributed by atoms with van der Waals surface area (Å²) in [4.78, 5) is 0. The molecule has 0 saturated heterocycles. The number of rotatable bonds is 6. The fourth-order valence-corrected chi connectivity index (χ4v) is 2.55. The van der Waals surface area contributed by atoms with E-state index in [1.54, 1.807) is 14.0 Å². The molecule has 0 unspecified atom stereocenters. The van der Waals surface area contributed by atoms with Gasteiger partial charge in [0.1, 0.15) is 0 Å². The van der Waals surface area contributed by atoms with E-state index >= 15 is 0 Å². The van der Waals surface area contributed by atoms with Crippen molar-refractivity contribution in [2.45, 2.75) is 26.1 Å². The van der Waals surface area contributed by atoms with Gasteiger partial charge in [0.15, 0.2) is 11.5 Å². The Morgan fingerprint density at radius 2 is 1.87 bits per heavy atom. The molecule has 0 amide bonds. The van der Waals surface area contributed by atoms with Gasteiger partial charge in [0.05, 0.1) is 13.2 Å². The second kappa shape index (κ2) is 6.89. The van der Waals surface area contributed by atoms with Crippen molar-refractivity contribution < 1.29 is 19.3 Å². The fraction of sp³-hybridized carbons (Fsp3) is 0.333. The van der Waals surface area contributed by atoms with Crippen molar-refractivity contribution >= 4 is 0 Å². The molecule has 122 valence electrons. The topological polar surface area (TPSA) is 60.0 Å². The number of hydrogen-bond acceptors (Lipinski definition) is 5. The Labute approximate surface area is 135 Å². The van der Waals surface area contributed by atoms with E-state index in [0.29, 0.717) is 18.0 Å². The number of ether oxygens (including phenoxy) is 3. The summed E-state index contributed by atoms with van der Waals surface area (Å²) >= 11 is 0. The summed E-state index contributed by atoms with van der Waals surface area (Å²) in [7, 11) is 1.62. The van der Waals surface area contributed by atoms with Gasteiger partial charge >= 0.3 is 0 Å². The van der Waals surface area contributed by atoms with E-state index in [-0.39, 0.29) is 6.79 Å². The van der Waals surface area contributed by atoms with Crippen molar-refractivity contribution in [2.24, 2.45) is 0 Å². The molecule has 0 bridgehead atoms. The van der Waals surface area contributed by atoms with Gasteiger partial charge in [0.2, 0.25) is 12.5 Å². The minimum absolute atomic E-state index is 0.234. The molecule has 2 aromatic rings. The van der Waals surface area contributed by atoms with Crippen molar-refractivity contribution in [3.63, 3.8) is 0 Å². The standard InChI is InChI=1S/C18H21NO4/c1-12(20)15-5-3-13(4-6-15)9-19-10-14-7-16(21-2)18-17(8-14)22-11-23-18/h3-8,12,19-20H,9-11H2,1-2H3/t12-/m1/s1. The summed E-state index contributed by atoms with van der Waals surface area (Å²) in [5.74, 6) is 2.09. The Kier molecular flexibility index (Phi) is 4.69. The van der Waals surface area contributed by atoms with Crippen LogP contribution in [0.15, 0.2) is 36.4 Å². The van der Waals surface area contributed by atoms with Crippen molar-refractivity contribution in [1.29, 1.82) is 0 Å². The second-order valence-electron chi connectivity index (χ2n) is 5.55. The third-order valence-electron chi connectivity index (χ3n) is 3.84. The first-order chi connectivity index (χ1) is 11.2. The first-order valence-corrected chi connectivity index (χ1v) is 7.61. The minimum atomic E-state index is -0.432. The summed E-state index contributed by atoms with van der Waals surface area (Å²) in [5, 5.41) is 12.9. The third kappa shape index (κ3) is 3.57. The number of hydrogen-bond donors (Lipinski definition) is 2. The molecule has 1 atom stereocenters. The van der Waals surface area contributed by atoms with Crippen LogP contribution < -0.4 is 19.5 Å². The van der Waals surface area contributed by atoms with Crippen LogP contribution in [0, 0.1) is 0 Å². The SMILES string of the molecule is COc1cc(CNCc2ccc([C@@H](C)O)cc2)cc2c1OCO2. The Morgan fingerprint density at radius 3 is 2.57 bits per heavy atom. The van der Waals surface area contributed by atoms with Crippen molar-refractivity contribution in [1.82, 2.24) is 5.32 Å². The van der Waals surface area contributed by atoms with Gasteiger partial charge in [-0.3, -0.25) is 0 Å². The van der Waals surface area contributed by atoms with Gasteiger partial charge in [-0.15, -0.1) is 0 Å². The molecule has 0 spiro atoms. The highest BCUT2D eigenvalue weighted by atomic mass is 16.7.